The zero-order valence-corrected chi connectivity index (χ0v) is 77.4. The molecule has 4 aliphatic carbocycles. The van der Waals surface area contributed by atoms with E-state index in [2.05, 4.69) is 113 Å². The fraction of sp³-hybridized carbons (Fsp3) is 0.656. The number of imidazole rings is 1. The number of guanidine groups is 2. The molecular weight excluding hydrogens is 1760 g/mol. The standard InChI is InChI=1S/C90H130N22O19S2/c1-4-5-29-62-77(117)108-70(82(122)107-68(86(126)127)43-53-23-11-10-12-24-53)50-133-132-49-69(81(121)106-67(44-54-45-94-51-99-54)80(120)101-61(75(115)98-46-74(114)111-40-21-33-71(111)83(123)102-62)30-17-18-37-97-89(128)130-47-59-55-25-13-6-7-14-26-56(55)59)109-79(119)66(42-52(2)3)105-76(116)63(31-19-38-95-87(91)92)103-84(124)72-34-22-41-112(72)85(125)65(104-78(118)64-35-36-73(113)100-64)32-20-39-96-88(93)110-90(129)131-48-60-57-27-15-8-9-16-28-58(57)60/h10-12,23-24,45,51-52,55-72H,4-5,13-22,25-44,46-50H2,1-3H3,(H,94,99)(H,97,128)(H,98,115)(H,100,113)(H,101,120)(H,102,123)(H,103,124)(H,104,118)(H,105,116)(H,106,121)(H,107,122)(H,108,117)(H,109,119)(H,126,127)(H4,91,92,95)(H3,93,96,110,129)/t55?,56?,57?,58?,59?,60?,61-,62-,63-,64-,65-,66-,67-,68-,69-,70-,71-,72-/m0/s1. The first kappa shape index (κ1) is 103. The van der Waals surface area contributed by atoms with E-state index in [-0.39, 0.29) is 184 Å². The molecule has 10 rings (SSSR count). The maximum Gasteiger partial charge on any atom is 0.413 e. The summed E-state index contributed by atoms with van der Waals surface area (Å²) in [6, 6.07) is -8.28. The second-order valence-electron chi connectivity index (χ2n) is 35.5. The summed E-state index contributed by atoms with van der Waals surface area (Å²) in [6.07, 6.45) is 10.1. The van der Waals surface area contributed by atoms with Gasteiger partial charge in [-0.1, -0.05) is 85.5 Å². The molecule has 133 heavy (non-hydrogen) atoms. The summed E-state index contributed by atoms with van der Waals surface area (Å²) in [5.74, 6) is 1.51. The predicted octanol–water partition coefficient (Wildman–Crippen LogP) is 0.301. The minimum Gasteiger partial charge on any atom is -0.480 e. The molecule has 5 heterocycles. The number of ether oxygens (including phenoxy) is 2. The smallest absolute Gasteiger partial charge is 0.413 e. The van der Waals surface area contributed by atoms with Crippen molar-refractivity contribution >= 4 is 128 Å². The van der Waals surface area contributed by atoms with Crippen LogP contribution in [0.2, 0.25) is 0 Å². The van der Waals surface area contributed by atoms with Crippen LogP contribution in [0.15, 0.2) is 52.8 Å². The summed E-state index contributed by atoms with van der Waals surface area (Å²) >= 11 is 0. The van der Waals surface area contributed by atoms with Crippen molar-refractivity contribution in [1.82, 2.24) is 88.9 Å². The second kappa shape index (κ2) is 52.5. The Kier molecular flexibility index (Phi) is 40.8. The number of aromatic amines is 1. The maximum atomic E-state index is 15.5. The summed E-state index contributed by atoms with van der Waals surface area (Å²) in [5, 5.41) is 45.7. The van der Waals surface area contributed by atoms with Crippen LogP contribution in [0.4, 0.5) is 9.59 Å². The van der Waals surface area contributed by atoms with E-state index < -0.39 is 174 Å². The first-order chi connectivity index (χ1) is 64.0. The van der Waals surface area contributed by atoms with Gasteiger partial charge in [0.25, 0.3) is 0 Å². The van der Waals surface area contributed by atoms with Crippen molar-refractivity contribution < 1.29 is 91.3 Å². The van der Waals surface area contributed by atoms with Crippen molar-refractivity contribution in [3.05, 3.63) is 54.1 Å². The van der Waals surface area contributed by atoms with Crippen molar-refractivity contribution in [2.45, 2.75) is 267 Å². The molecule has 41 nitrogen and oxygen atoms in total. The van der Waals surface area contributed by atoms with Crippen LogP contribution in [-0.2, 0) is 89.4 Å². The SMILES string of the molecule is CCCC[C@@H]1NC(=O)[C@@H]2CCCN2C(=O)CNC(=O)[C@H](CCCCNC(=O)OCC2C3CCC#CCCC32)NC(=O)[C@H](Cc2cnc[nH]2)NC(=O)[C@@H](NC(=O)[C@H](CC(C)C)NC(=O)[C@H](CCCN=C(N)N)NC(=O)[C@@H]2CCCN2C(=O)[C@H](CCCN=C(N)NC(=O)OCC2C3CCC#CCCC32)NC(=O)[C@@H]2CCC(=O)N2)CSSC[C@@H](C(=O)N[C@@H](Cc2ccccc2)C(=O)O)NC1=O. The van der Waals surface area contributed by atoms with Crippen LogP contribution in [0.3, 0.4) is 0 Å². The molecule has 2 aromatic rings. The third-order valence-corrected chi connectivity index (χ3v) is 27.7. The molecule has 43 heteroatoms. The summed E-state index contributed by atoms with van der Waals surface area (Å²) in [7, 11) is 1.81. The lowest BCUT2D eigenvalue weighted by Gasteiger charge is -2.31. The van der Waals surface area contributed by atoms with E-state index in [0.29, 0.717) is 60.6 Å². The van der Waals surface area contributed by atoms with E-state index in [0.717, 1.165) is 73.0 Å². The molecule has 0 bridgehead atoms. The summed E-state index contributed by atoms with van der Waals surface area (Å²) in [6.45, 7) is 5.30. The maximum absolute atomic E-state index is 15.5. The van der Waals surface area contributed by atoms with Gasteiger partial charge in [-0.15, -0.1) is 23.7 Å². The molecule has 1 aromatic heterocycles. The molecule has 8 aliphatic rings. The van der Waals surface area contributed by atoms with Gasteiger partial charge in [0, 0.05) is 101 Å². The normalized spacial score (nSPS) is 25.5. The zero-order chi connectivity index (χ0) is 95.5. The van der Waals surface area contributed by atoms with E-state index >= 15 is 19.2 Å². The van der Waals surface area contributed by atoms with Crippen LogP contribution < -0.4 is 86.3 Å². The van der Waals surface area contributed by atoms with Crippen LogP contribution >= 0.6 is 21.6 Å². The number of nitrogens with one attached hydrogen (secondary N) is 14. The lowest BCUT2D eigenvalue weighted by atomic mass is 10.0. The number of aliphatic imine (C=N–C) groups is 2. The number of hydrogen-bond acceptors (Lipinski definition) is 23. The number of amides is 15. The van der Waals surface area contributed by atoms with Gasteiger partial charge in [0.15, 0.2) is 11.9 Å². The third-order valence-electron chi connectivity index (χ3n) is 25.3. The van der Waals surface area contributed by atoms with Gasteiger partial charge in [-0.3, -0.25) is 77.6 Å². The molecule has 0 radical (unpaired) electrons. The lowest BCUT2D eigenvalue weighted by Crippen LogP contribution is -2.61. The highest BCUT2D eigenvalue weighted by molar-refractivity contribution is 8.76. The molecular formula is C90H130N22O19S2. The number of likely N-dealkylation sites (tertiary alicyclic amines) is 1. The highest BCUT2D eigenvalue weighted by atomic mass is 33.1. The van der Waals surface area contributed by atoms with Crippen LogP contribution in [0.5, 0.6) is 0 Å². The first-order valence-corrected chi connectivity index (χ1v) is 49.0. The van der Waals surface area contributed by atoms with Crippen molar-refractivity contribution in [1.29, 1.82) is 0 Å². The summed E-state index contributed by atoms with van der Waals surface area (Å²) < 4.78 is 11.1. The molecule has 4 saturated heterocycles. The average molecular weight is 1890 g/mol. The molecule has 0 spiro atoms. The number of fused-ring (bicyclic) bond motifs is 3. The van der Waals surface area contributed by atoms with E-state index in [1.54, 1.807) is 44.2 Å². The number of aromatic nitrogens is 2. The number of carbonyl (C=O) groups excluding carboxylic acids is 15. The van der Waals surface area contributed by atoms with Gasteiger partial charge in [0.05, 0.1) is 26.1 Å². The Hall–Kier alpha value is -11.9. The molecule has 21 N–H and O–H groups in total. The van der Waals surface area contributed by atoms with E-state index in [1.807, 2.05) is 6.92 Å². The number of carboxylic acids is 1. The molecule has 726 valence electrons. The number of aliphatic carboxylic acids is 1. The van der Waals surface area contributed by atoms with Gasteiger partial charge in [-0.05, 0) is 163 Å². The van der Waals surface area contributed by atoms with Gasteiger partial charge in [0.1, 0.15) is 72.5 Å². The highest BCUT2D eigenvalue weighted by Crippen LogP contribution is 2.53. The Morgan fingerprint density at radius 1 is 0.609 bits per heavy atom. The van der Waals surface area contributed by atoms with E-state index in [9.17, 15) is 62.6 Å². The van der Waals surface area contributed by atoms with Crippen molar-refractivity contribution in [3.8, 4) is 23.7 Å². The van der Waals surface area contributed by atoms with E-state index in [4.69, 9.17) is 26.7 Å². The molecule has 1 aromatic carbocycles. The lowest BCUT2D eigenvalue weighted by molar-refractivity contribution is -0.142. The topological polar surface area (TPSA) is 606 Å². The fourth-order valence-corrected chi connectivity index (χ4v) is 20.3. The van der Waals surface area contributed by atoms with Crippen LogP contribution in [0, 0.1) is 65.1 Å². The Labute approximate surface area is 781 Å². The number of benzene rings is 1. The fourth-order valence-electron chi connectivity index (χ4n) is 17.9. The number of alkyl carbamates (subject to hydrolysis) is 2. The largest absolute Gasteiger partial charge is 0.480 e. The van der Waals surface area contributed by atoms with Gasteiger partial charge < -0.3 is 110 Å². The number of nitrogens with zero attached hydrogens (tertiary/aromatic N) is 5. The Morgan fingerprint density at radius 2 is 1.21 bits per heavy atom. The Morgan fingerprint density at radius 3 is 1.85 bits per heavy atom. The predicted molar refractivity (Wildman–Crippen MR) is 492 cm³/mol. The minimum absolute atomic E-state index is 0.0304. The number of nitrogens with two attached hydrogens (primary N) is 3. The average Bonchev–Trinajstić information content (AvgIpc) is 1.63. The van der Waals surface area contributed by atoms with Gasteiger partial charge in [0.2, 0.25) is 76.8 Å². The molecule has 4 aliphatic heterocycles. The van der Waals surface area contributed by atoms with Gasteiger partial charge >= 0.3 is 18.2 Å². The van der Waals surface area contributed by atoms with E-state index in [1.165, 1.54) is 22.3 Å². The van der Waals surface area contributed by atoms with Crippen LogP contribution in [-0.4, -0.2) is 268 Å². The number of carbonyl (C=O) groups is 16. The van der Waals surface area contributed by atoms with Crippen molar-refractivity contribution in [2.75, 3.05) is 64.0 Å². The number of H-pyrrole nitrogens is 1. The number of unbranched alkanes of at least 4 members (excludes halogenated alkanes) is 2. The van der Waals surface area contributed by atoms with Gasteiger partial charge in [-0.25, -0.2) is 19.4 Å². The minimum atomic E-state index is -1.69. The second-order valence-corrected chi connectivity index (χ2v) is 38.0. The Bertz CT molecular complexity index is 4560. The molecule has 4 unspecified atom stereocenters. The molecule has 15 amide bonds. The monoisotopic (exact) mass is 1890 g/mol. The summed E-state index contributed by atoms with van der Waals surface area (Å²) in [5.41, 5.74) is 18.4. The number of rotatable bonds is 38. The highest BCUT2D eigenvalue weighted by Gasteiger charge is 2.51. The first-order valence-electron chi connectivity index (χ1n) is 46.5. The molecule has 16 atom stereocenters. The van der Waals surface area contributed by atoms with Crippen molar-refractivity contribution in [2.24, 2.45) is 68.6 Å². The van der Waals surface area contributed by atoms with Crippen molar-refractivity contribution in [3.63, 3.8) is 0 Å². The Balaban J connectivity index is 0.890. The third kappa shape index (κ3) is 32.8. The van der Waals surface area contributed by atoms with Crippen LogP contribution in [0.25, 0.3) is 0 Å². The van der Waals surface area contributed by atoms with Crippen LogP contribution in [0.1, 0.15) is 193 Å². The number of hydrogen-bond donors (Lipinski definition) is 18. The quantitative estimate of drug-likeness (QED) is 0.0141. The molecule has 2 saturated carbocycles. The molecule has 6 fully saturated rings. The van der Waals surface area contributed by atoms with Gasteiger partial charge in [-0.2, -0.15) is 0 Å². The summed E-state index contributed by atoms with van der Waals surface area (Å²) in [4.78, 5) is 247. The number of carboxylic acid groups (broad SMARTS) is 1. The zero-order valence-electron chi connectivity index (χ0n) is 75.8.